The molecule has 1 aromatic rings. The molecular formula is C15H22O3. The molecule has 0 aliphatic rings. The summed E-state index contributed by atoms with van der Waals surface area (Å²) in [6, 6.07) is 4.09. The second-order valence-corrected chi connectivity index (χ2v) is 4.59. The van der Waals surface area contributed by atoms with Gasteiger partial charge in [-0.2, -0.15) is 0 Å². The summed E-state index contributed by atoms with van der Waals surface area (Å²) < 4.78 is 10.6. The number of ether oxygens (including phenoxy) is 2. The molecular weight excluding hydrogens is 228 g/mol. The van der Waals surface area contributed by atoms with Gasteiger partial charge in [0.1, 0.15) is 5.75 Å². The summed E-state index contributed by atoms with van der Waals surface area (Å²) in [5, 5.41) is 0. The van der Waals surface area contributed by atoms with Gasteiger partial charge >= 0.3 is 5.97 Å². The minimum Gasteiger partial charge on any atom is -0.481 e. The Morgan fingerprint density at radius 3 is 2.33 bits per heavy atom. The molecule has 0 spiro atoms. The van der Waals surface area contributed by atoms with Crippen molar-refractivity contribution in [3.8, 4) is 5.75 Å². The third-order valence-corrected chi connectivity index (χ3v) is 2.70. The van der Waals surface area contributed by atoms with E-state index >= 15 is 0 Å². The van der Waals surface area contributed by atoms with E-state index < -0.39 is 0 Å². The first-order chi connectivity index (χ1) is 8.54. The average Bonchev–Trinajstić information content (AvgIpc) is 2.27. The van der Waals surface area contributed by atoms with Crippen molar-refractivity contribution >= 4 is 5.97 Å². The molecule has 100 valence electrons. The minimum atomic E-state index is -0.303. The fraction of sp³-hybridized carbons (Fsp3) is 0.533. The molecule has 0 saturated heterocycles. The van der Waals surface area contributed by atoms with Crippen LogP contribution in [-0.4, -0.2) is 19.2 Å². The van der Waals surface area contributed by atoms with Gasteiger partial charge in [-0.15, -0.1) is 0 Å². The van der Waals surface area contributed by atoms with E-state index in [0.717, 1.165) is 29.7 Å². The van der Waals surface area contributed by atoms with Crippen LogP contribution in [0, 0.1) is 20.8 Å². The molecule has 0 unspecified atom stereocenters. The lowest BCUT2D eigenvalue weighted by Crippen LogP contribution is -2.16. The molecule has 3 heteroatoms. The van der Waals surface area contributed by atoms with Gasteiger partial charge in [-0.3, -0.25) is 0 Å². The molecule has 3 nitrogen and oxygen atoms in total. The smallest absolute Gasteiger partial charge is 0.344 e. The molecule has 0 N–H and O–H groups in total. The molecule has 18 heavy (non-hydrogen) atoms. The van der Waals surface area contributed by atoms with Crippen molar-refractivity contribution in [1.82, 2.24) is 0 Å². The second kappa shape index (κ2) is 7.04. The van der Waals surface area contributed by atoms with Crippen molar-refractivity contribution < 1.29 is 14.3 Å². The Bertz CT molecular complexity index is 387. The molecule has 0 amide bonds. The quantitative estimate of drug-likeness (QED) is 0.574. The summed E-state index contributed by atoms with van der Waals surface area (Å²) in [6.45, 7) is 8.53. The zero-order valence-corrected chi connectivity index (χ0v) is 11.7. The maximum absolute atomic E-state index is 11.4. The van der Waals surface area contributed by atoms with E-state index in [-0.39, 0.29) is 12.6 Å². The molecule has 0 bridgehead atoms. The Kier molecular flexibility index (Phi) is 5.69. The highest BCUT2D eigenvalue weighted by molar-refractivity contribution is 5.71. The van der Waals surface area contributed by atoms with Crippen LogP contribution in [-0.2, 0) is 9.53 Å². The number of hydrogen-bond acceptors (Lipinski definition) is 3. The second-order valence-electron chi connectivity index (χ2n) is 4.59. The Labute approximate surface area is 109 Å². The van der Waals surface area contributed by atoms with E-state index in [1.165, 1.54) is 5.56 Å². The van der Waals surface area contributed by atoms with Crippen LogP contribution in [0.15, 0.2) is 12.1 Å². The summed E-state index contributed by atoms with van der Waals surface area (Å²) in [6.07, 6.45) is 1.92. The van der Waals surface area contributed by atoms with Gasteiger partial charge in [0.2, 0.25) is 0 Å². The van der Waals surface area contributed by atoms with E-state index in [1.807, 2.05) is 32.9 Å². The molecule has 0 aliphatic carbocycles. The van der Waals surface area contributed by atoms with Gasteiger partial charge in [0.05, 0.1) is 6.61 Å². The molecule has 1 rings (SSSR count). The number of carbonyl (C=O) groups is 1. The Morgan fingerprint density at radius 1 is 1.17 bits per heavy atom. The molecule has 0 aromatic heterocycles. The molecule has 0 radical (unpaired) electrons. The summed E-state index contributed by atoms with van der Waals surface area (Å²) in [5.74, 6) is 0.482. The third-order valence-electron chi connectivity index (χ3n) is 2.70. The number of hydrogen-bond donors (Lipinski definition) is 0. The van der Waals surface area contributed by atoms with E-state index in [1.54, 1.807) is 0 Å². The van der Waals surface area contributed by atoms with Gasteiger partial charge in [-0.25, -0.2) is 4.79 Å². The average molecular weight is 250 g/mol. The monoisotopic (exact) mass is 250 g/mol. The highest BCUT2D eigenvalue weighted by atomic mass is 16.6. The Morgan fingerprint density at radius 2 is 1.78 bits per heavy atom. The van der Waals surface area contributed by atoms with Crippen molar-refractivity contribution in [2.75, 3.05) is 13.2 Å². The lowest BCUT2D eigenvalue weighted by atomic mass is 10.1. The molecule has 1 aromatic carbocycles. The summed E-state index contributed by atoms with van der Waals surface area (Å²) in [4.78, 5) is 11.4. The van der Waals surface area contributed by atoms with Crippen molar-refractivity contribution in [3.05, 3.63) is 28.8 Å². The first-order valence-electron chi connectivity index (χ1n) is 6.41. The van der Waals surface area contributed by atoms with Gasteiger partial charge in [0.25, 0.3) is 0 Å². The number of esters is 1. The number of carbonyl (C=O) groups excluding carboxylic acids is 1. The molecule has 0 heterocycles. The van der Waals surface area contributed by atoms with Gasteiger partial charge in [-0.1, -0.05) is 31.0 Å². The fourth-order valence-corrected chi connectivity index (χ4v) is 1.90. The van der Waals surface area contributed by atoms with Gasteiger partial charge < -0.3 is 9.47 Å². The van der Waals surface area contributed by atoms with Crippen molar-refractivity contribution in [2.24, 2.45) is 0 Å². The predicted molar refractivity (Wildman–Crippen MR) is 72.0 cm³/mol. The zero-order valence-electron chi connectivity index (χ0n) is 11.7. The largest absolute Gasteiger partial charge is 0.481 e. The van der Waals surface area contributed by atoms with Crippen LogP contribution in [0.4, 0.5) is 0 Å². The number of rotatable bonds is 6. The maximum Gasteiger partial charge on any atom is 0.344 e. The lowest BCUT2D eigenvalue weighted by molar-refractivity contribution is -0.146. The van der Waals surface area contributed by atoms with Crippen molar-refractivity contribution in [1.29, 1.82) is 0 Å². The number of unbranched alkanes of at least 4 members (excludes halogenated alkanes) is 1. The van der Waals surface area contributed by atoms with Crippen LogP contribution >= 0.6 is 0 Å². The van der Waals surface area contributed by atoms with Crippen LogP contribution in [0.25, 0.3) is 0 Å². The van der Waals surface area contributed by atoms with Crippen LogP contribution < -0.4 is 4.74 Å². The highest BCUT2D eigenvalue weighted by Gasteiger charge is 2.08. The molecule has 0 saturated carbocycles. The van der Waals surface area contributed by atoms with E-state index in [0.29, 0.717) is 6.61 Å². The van der Waals surface area contributed by atoms with Crippen molar-refractivity contribution in [3.63, 3.8) is 0 Å². The number of benzene rings is 1. The molecule has 0 atom stereocenters. The maximum atomic E-state index is 11.4. The summed E-state index contributed by atoms with van der Waals surface area (Å²) >= 11 is 0. The summed E-state index contributed by atoms with van der Waals surface area (Å²) in [7, 11) is 0. The first-order valence-corrected chi connectivity index (χ1v) is 6.41. The van der Waals surface area contributed by atoms with Gasteiger partial charge in [0, 0.05) is 0 Å². The van der Waals surface area contributed by atoms with E-state index in [2.05, 4.69) is 6.92 Å². The first kappa shape index (κ1) is 14.6. The van der Waals surface area contributed by atoms with Crippen molar-refractivity contribution in [2.45, 2.75) is 40.5 Å². The lowest BCUT2D eigenvalue weighted by Gasteiger charge is -2.12. The van der Waals surface area contributed by atoms with E-state index in [9.17, 15) is 4.79 Å². The molecule has 0 fully saturated rings. The zero-order chi connectivity index (χ0) is 13.5. The SMILES string of the molecule is CCCCOC(=O)COc1c(C)cc(C)cc1C. The van der Waals surface area contributed by atoms with Crippen LogP contribution in [0.5, 0.6) is 5.75 Å². The fourth-order valence-electron chi connectivity index (χ4n) is 1.90. The Hall–Kier alpha value is -1.51. The predicted octanol–water partition coefficient (Wildman–Crippen LogP) is 3.33. The standard InChI is InChI=1S/C15H22O3/c1-5-6-7-17-14(16)10-18-15-12(3)8-11(2)9-13(15)4/h8-9H,5-7,10H2,1-4H3. The van der Waals surface area contributed by atoms with Gasteiger partial charge in [0.15, 0.2) is 6.61 Å². The van der Waals surface area contributed by atoms with Crippen LogP contribution in [0.2, 0.25) is 0 Å². The highest BCUT2D eigenvalue weighted by Crippen LogP contribution is 2.24. The van der Waals surface area contributed by atoms with Gasteiger partial charge in [-0.05, 0) is 38.3 Å². The topological polar surface area (TPSA) is 35.5 Å². The van der Waals surface area contributed by atoms with E-state index in [4.69, 9.17) is 9.47 Å². The minimum absolute atomic E-state index is 0.0194. The Balaban J connectivity index is 2.51. The number of aryl methyl sites for hydroxylation is 3. The summed E-state index contributed by atoms with van der Waals surface area (Å²) in [5.41, 5.74) is 3.30. The van der Waals surface area contributed by atoms with Crippen LogP contribution in [0.3, 0.4) is 0 Å². The third kappa shape index (κ3) is 4.40. The normalized spacial score (nSPS) is 10.2. The van der Waals surface area contributed by atoms with Crippen LogP contribution in [0.1, 0.15) is 36.5 Å². The molecule has 0 aliphatic heterocycles.